The number of carbonyl (C=O) groups excluding carboxylic acids is 1. The average Bonchev–Trinajstić information content (AvgIpc) is 3.10. The molecule has 2 aromatic rings. The molecule has 1 aromatic heterocycles. The minimum Gasteiger partial charge on any atom is -0.339 e. The van der Waals surface area contributed by atoms with Crippen LogP contribution in [0.3, 0.4) is 0 Å². The highest BCUT2D eigenvalue weighted by molar-refractivity contribution is 6.30. The summed E-state index contributed by atoms with van der Waals surface area (Å²) in [5.74, 6) is 1.49. The van der Waals surface area contributed by atoms with Crippen LogP contribution in [-0.2, 0) is 11.2 Å². The van der Waals surface area contributed by atoms with Crippen molar-refractivity contribution < 1.29 is 9.32 Å². The number of aryl methyl sites for hydroxylation is 1. The van der Waals surface area contributed by atoms with Gasteiger partial charge in [0.15, 0.2) is 5.82 Å². The van der Waals surface area contributed by atoms with Gasteiger partial charge in [-0.05, 0) is 36.6 Å². The summed E-state index contributed by atoms with van der Waals surface area (Å²) in [4.78, 5) is 18.7. The fraction of sp³-hybridized carbons (Fsp3) is 0.389. The number of amides is 1. The lowest BCUT2D eigenvalue weighted by molar-refractivity contribution is -0.127. The lowest BCUT2D eigenvalue weighted by Gasteiger charge is -2.30. The van der Waals surface area contributed by atoms with Crippen LogP contribution >= 0.6 is 11.6 Å². The molecule has 1 atom stereocenters. The van der Waals surface area contributed by atoms with Crippen LogP contribution < -0.4 is 0 Å². The van der Waals surface area contributed by atoms with Gasteiger partial charge < -0.3 is 9.42 Å². The van der Waals surface area contributed by atoms with Crippen molar-refractivity contribution in [2.75, 3.05) is 13.1 Å². The third-order valence-electron chi connectivity index (χ3n) is 4.17. The summed E-state index contributed by atoms with van der Waals surface area (Å²) < 4.78 is 5.33. The quantitative estimate of drug-likeness (QED) is 0.793. The van der Waals surface area contributed by atoms with E-state index in [-0.39, 0.29) is 11.8 Å². The van der Waals surface area contributed by atoms with E-state index in [0.29, 0.717) is 17.5 Å². The first kappa shape index (κ1) is 16.7. The maximum Gasteiger partial charge on any atom is 0.246 e. The Morgan fingerprint density at radius 2 is 2.21 bits per heavy atom. The van der Waals surface area contributed by atoms with Crippen molar-refractivity contribution >= 4 is 23.6 Å². The standard InChI is InChI=1S/C18H20ClN3O2/c1-2-16-20-18(24-21-16)14-4-3-11-22(12-14)17(23)10-7-13-5-8-15(19)9-6-13/h5-10,14H,2-4,11-12H2,1H3/b10-7+/t14-/m1/s1. The second-order valence-corrected chi connectivity index (χ2v) is 6.35. The first-order chi connectivity index (χ1) is 11.7. The zero-order valence-corrected chi connectivity index (χ0v) is 14.4. The Balaban J connectivity index is 1.63. The lowest BCUT2D eigenvalue weighted by Crippen LogP contribution is -2.38. The number of likely N-dealkylation sites (tertiary alicyclic amines) is 1. The molecule has 0 unspecified atom stereocenters. The molecule has 0 N–H and O–H groups in total. The Bertz CT molecular complexity index is 724. The van der Waals surface area contributed by atoms with Crippen LogP contribution in [0.4, 0.5) is 0 Å². The summed E-state index contributed by atoms with van der Waals surface area (Å²) >= 11 is 5.86. The van der Waals surface area contributed by atoms with Gasteiger partial charge in [0.1, 0.15) is 0 Å². The molecule has 5 nitrogen and oxygen atoms in total. The molecule has 24 heavy (non-hydrogen) atoms. The van der Waals surface area contributed by atoms with Gasteiger partial charge in [0.05, 0.1) is 5.92 Å². The SMILES string of the molecule is CCc1noc([C@@H]2CCCN(C(=O)/C=C/c3ccc(Cl)cc3)C2)n1. The fourth-order valence-corrected chi connectivity index (χ4v) is 2.93. The molecule has 1 amide bonds. The highest BCUT2D eigenvalue weighted by Crippen LogP contribution is 2.26. The predicted octanol–water partition coefficient (Wildman–Crippen LogP) is 3.70. The van der Waals surface area contributed by atoms with Crippen molar-refractivity contribution in [2.24, 2.45) is 0 Å². The Kier molecular flexibility index (Phi) is 5.30. The highest BCUT2D eigenvalue weighted by atomic mass is 35.5. The van der Waals surface area contributed by atoms with Crippen LogP contribution in [0.25, 0.3) is 6.08 Å². The van der Waals surface area contributed by atoms with Gasteiger partial charge in [-0.2, -0.15) is 4.98 Å². The smallest absolute Gasteiger partial charge is 0.246 e. The number of carbonyl (C=O) groups is 1. The van der Waals surface area contributed by atoms with E-state index < -0.39 is 0 Å². The maximum atomic E-state index is 12.4. The normalized spacial score (nSPS) is 18.2. The summed E-state index contributed by atoms with van der Waals surface area (Å²) in [6.07, 6.45) is 6.08. The molecular weight excluding hydrogens is 326 g/mol. The number of rotatable bonds is 4. The molecule has 1 fully saturated rings. The first-order valence-corrected chi connectivity index (χ1v) is 8.58. The molecule has 1 aliphatic heterocycles. The molecule has 1 aromatic carbocycles. The third-order valence-corrected chi connectivity index (χ3v) is 4.42. The molecule has 0 spiro atoms. The van der Waals surface area contributed by atoms with Gasteiger partial charge in [-0.1, -0.05) is 35.8 Å². The van der Waals surface area contributed by atoms with Crippen molar-refractivity contribution in [1.82, 2.24) is 15.0 Å². The van der Waals surface area contributed by atoms with E-state index in [0.717, 1.165) is 37.2 Å². The van der Waals surface area contributed by atoms with Crippen LogP contribution in [0.1, 0.15) is 43.0 Å². The van der Waals surface area contributed by atoms with E-state index in [4.69, 9.17) is 16.1 Å². The topological polar surface area (TPSA) is 59.2 Å². The van der Waals surface area contributed by atoms with Crippen molar-refractivity contribution in [2.45, 2.75) is 32.1 Å². The Morgan fingerprint density at radius 3 is 2.92 bits per heavy atom. The van der Waals surface area contributed by atoms with Gasteiger partial charge >= 0.3 is 0 Å². The van der Waals surface area contributed by atoms with Crippen LogP contribution in [0.15, 0.2) is 34.9 Å². The number of nitrogens with zero attached hydrogens (tertiary/aromatic N) is 3. The van der Waals surface area contributed by atoms with Crippen molar-refractivity contribution in [1.29, 1.82) is 0 Å². The van der Waals surface area contributed by atoms with Crippen LogP contribution in [0, 0.1) is 0 Å². The lowest BCUT2D eigenvalue weighted by atomic mass is 9.98. The summed E-state index contributed by atoms with van der Waals surface area (Å²) in [5.41, 5.74) is 0.950. The maximum absolute atomic E-state index is 12.4. The van der Waals surface area contributed by atoms with Gasteiger partial charge in [-0.25, -0.2) is 0 Å². The largest absolute Gasteiger partial charge is 0.339 e. The molecule has 0 radical (unpaired) electrons. The van der Waals surface area contributed by atoms with Gasteiger partial charge in [0.25, 0.3) is 0 Å². The van der Waals surface area contributed by atoms with E-state index in [1.165, 1.54) is 0 Å². The zero-order valence-electron chi connectivity index (χ0n) is 13.6. The second-order valence-electron chi connectivity index (χ2n) is 5.91. The molecule has 1 aliphatic rings. The van der Waals surface area contributed by atoms with Crippen molar-refractivity contribution in [3.63, 3.8) is 0 Å². The predicted molar refractivity (Wildman–Crippen MR) is 92.7 cm³/mol. The Morgan fingerprint density at radius 1 is 1.42 bits per heavy atom. The molecule has 0 saturated carbocycles. The number of benzene rings is 1. The Hall–Kier alpha value is -2.14. The van der Waals surface area contributed by atoms with Gasteiger partial charge in [-0.15, -0.1) is 0 Å². The number of aromatic nitrogens is 2. The minimum absolute atomic E-state index is 0.00452. The molecule has 3 rings (SSSR count). The molecule has 1 saturated heterocycles. The van der Waals surface area contributed by atoms with Gasteiger partial charge in [0.2, 0.25) is 11.8 Å². The summed E-state index contributed by atoms with van der Waals surface area (Å²) in [5, 5.41) is 4.63. The van der Waals surface area contributed by atoms with Crippen molar-refractivity contribution in [3.05, 3.63) is 52.6 Å². The van der Waals surface area contributed by atoms with Crippen LogP contribution in [0.5, 0.6) is 0 Å². The molecule has 0 aliphatic carbocycles. The highest BCUT2D eigenvalue weighted by Gasteiger charge is 2.27. The molecule has 2 heterocycles. The third kappa shape index (κ3) is 4.03. The van der Waals surface area contributed by atoms with E-state index in [2.05, 4.69) is 10.1 Å². The summed E-state index contributed by atoms with van der Waals surface area (Å²) in [6.45, 7) is 3.37. The average molecular weight is 346 g/mol. The van der Waals surface area contributed by atoms with Gasteiger partial charge in [-0.3, -0.25) is 4.79 Å². The fourth-order valence-electron chi connectivity index (χ4n) is 2.80. The summed E-state index contributed by atoms with van der Waals surface area (Å²) in [7, 11) is 0. The Labute approximate surface area is 146 Å². The van der Waals surface area contributed by atoms with E-state index >= 15 is 0 Å². The van der Waals surface area contributed by atoms with Crippen LogP contribution in [-0.4, -0.2) is 34.0 Å². The van der Waals surface area contributed by atoms with Crippen molar-refractivity contribution in [3.8, 4) is 0 Å². The number of piperidine rings is 1. The molecule has 126 valence electrons. The van der Waals surface area contributed by atoms with E-state index in [1.807, 2.05) is 42.2 Å². The number of hydrogen-bond donors (Lipinski definition) is 0. The number of hydrogen-bond acceptors (Lipinski definition) is 4. The number of halogens is 1. The zero-order chi connectivity index (χ0) is 16.9. The minimum atomic E-state index is 0.00452. The molecular formula is C18H20ClN3O2. The molecule has 6 heteroatoms. The molecule has 0 bridgehead atoms. The van der Waals surface area contributed by atoms with Crippen LogP contribution in [0.2, 0.25) is 5.02 Å². The second kappa shape index (κ2) is 7.62. The summed E-state index contributed by atoms with van der Waals surface area (Å²) in [6, 6.07) is 7.39. The van der Waals surface area contributed by atoms with E-state index in [9.17, 15) is 4.79 Å². The monoisotopic (exact) mass is 345 g/mol. The van der Waals surface area contributed by atoms with E-state index in [1.54, 1.807) is 6.08 Å². The van der Waals surface area contributed by atoms with Gasteiger partial charge in [0, 0.05) is 30.6 Å². The first-order valence-electron chi connectivity index (χ1n) is 8.20.